The van der Waals surface area contributed by atoms with Gasteiger partial charge in [-0.2, -0.15) is 0 Å². The normalized spacial score (nSPS) is 15.9. The van der Waals surface area contributed by atoms with Crippen molar-refractivity contribution >= 4 is 46.1 Å². The van der Waals surface area contributed by atoms with Gasteiger partial charge in [-0.15, -0.1) is 0 Å². The number of carboxylic acid groups (broad SMARTS) is 1. The fourth-order valence-electron chi connectivity index (χ4n) is 1.91. The molecule has 0 bridgehead atoms. The first-order valence-corrected chi connectivity index (χ1v) is 7.38. The predicted octanol–water partition coefficient (Wildman–Crippen LogP) is 3.02. The van der Waals surface area contributed by atoms with E-state index in [0.717, 1.165) is 16.4 Å². The Labute approximate surface area is 129 Å². The van der Waals surface area contributed by atoms with Crippen molar-refractivity contribution in [3.63, 3.8) is 0 Å². The fourth-order valence-corrected chi connectivity index (χ4v) is 2.54. The minimum atomic E-state index is -0.982. The molecule has 1 atom stereocenters. The number of benzene rings is 1. The summed E-state index contributed by atoms with van der Waals surface area (Å²) < 4.78 is 0.781. The summed E-state index contributed by atoms with van der Waals surface area (Å²) in [5.74, 6) is -1.23. The number of aliphatic carboxylic acids is 1. The molecule has 19 heavy (non-hydrogen) atoms. The van der Waals surface area contributed by atoms with Gasteiger partial charge in [-0.1, -0.05) is 11.6 Å². The standard InChI is InChI=1S/C13H13ClINO3/c1-7(13(18)19)16(9-3-4-9)12(17)8-2-5-10(14)11(15)6-8/h2,5-7,9H,3-4H2,1H3,(H,18,19). The number of carbonyl (C=O) groups excluding carboxylic acids is 1. The van der Waals surface area contributed by atoms with Crippen molar-refractivity contribution in [3.8, 4) is 0 Å². The van der Waals surface area contributed by atoms with Gasteiger partial charge < -0.3 is 10.0 Å². The summed E-state index contributed by atoms with van der Waals surface area (Å²) in [6.45, 7) is 1.54. The van der Waals surface area contributed by atoms with Gasteiger partial charge in [-0.25, -0.2) is 4.79 Å². The van der Waals surface area contributed by atoms with Crippen LogP contribution in [0.5, 0.6) is 0 Å². The highest BCUT2D eigenvalue weighted by Crippen LogP contribution is 2.31. The van der Waals surface area contributed by atoms with Crippen molar-refractivity contribution in [2.45, 2.75) is 31.8 Å². The molecule has 1 aliphatic carbocycles. The molecule has 0 aromatic heterocycles. The molecule has 1 unspecified atom stereocenters. The van der Waals surface area contributed by atoms with Crippen molar-refractivity contribution in [1.29, 1.82) is 0 Å². The molecule has 1 fully saturated rings. The summed E-state index contributed by atoms with van der Waals surface area (Å²) in [5.41, 5.74) is 0.480. The van der Waals surface area contributed by atoms with Gasteiger partial charge in [-0.05, 0) is 60.6 Å². The van der Waals surface area contributed by atoms with Crippen molar-refractivity contribution in [2.75, 3.05) is 0 Å². The van der Waals surface area contributed by atoms with E-state index in [4.69, 9.17) is 16.7 Å². The highest BCUT2D eigenvalue weighted by molar-refractivity contribution is 14.1. The number of hydrogen-bond donors (Lipinski definition) is 1. The molecule has 1 amide bonds. The van der Waals surface area contributed by atoms with Crippen LogP contribution < -0.4 is 0 Å². The van der Waals surface area contributed by atoms with Crippen LogP contribution in [0.2, 0.25) is 5.02 Å². The van der Waals surface area contributed by atoms with E-state index in [1.807, 2.05) is 0 Å². The van der Waals surface area contributed by atoms with Crippen LogP contribution in [0.15, 0.2) is 18.2 Å². The molecule has 1 aromatic carbocycles. The van der Waals surface area contributed by atoms with Crippen LogP contribution >= 0.6 is 34.2 Å². The zero-order chi connectivity index (χ0) is 14.2. The van der Waals surface area contributed by atoms with Gasteiger partial charge in [0, 0.05) is 15.2 Å². The number of carbonyl (C=O) groups is 2. The van der Waals surface area contributed by atoms with E-state index >= 15 is 0 Å². The van der Waals surface area contributed by atoms with Gasteiger partial charge in [-0.3, -0.25) is 4.79 Å². The number of rotatable bonds is 4. The number of halogens is 2. The first kappa shape index (κ1) is 14.6. The van der Waals surface area contributed by atoms with Gasteiger partial charge in [0.15, 0.2) is 0 Å². The molecular weight excluding hydrogens is 381 g/mol. The first-order chi connectivity index (χ1) is 8.91. The third-order valence-corrected chi connectivity index (χ3v) is 4.66. The number of nitrogens with zero attached hydrogens (tertiary/aromatic N) is 1. The van der Waals surface area contributed by atoms with Crippen molar-refractivity contribution in [3.05, 3.63) is 32.4 Å². The molecule has 0 radical (unpaired) electrons. The summed E-state index contributed by atoms with van der Waals surface area (Å²) in [7, 11) is 0. The molecule has 1 aromatic rings. The number of hydrogen-bond acceptors (Lipinski definition) is 2. The van der Waals surface area contributed by atoms with E-state index in [2.05, 4.69) is 22.6 Å². The molecule has 0 spiro atoms. The lowest BCUT2D eigenvalue weighted by atomic mass is 10.1. The van der Waals surface area contributed by atoms with Crippen LogP contribution in [0.3, 0.4) is 0 Å². The molecule has 0 aliphatic heterocycles. The van der Waals surface area contributed by atoms with E-state index in [-0.39, 0.29) is 11.9 Å². The minimum Gasteiger partial charge on any atom is -0.480 e. The zero-order valence-corrected chi connectivity index (χ0v) is 13.2. The minimum absolute atomic E-state index is 0.0481. The van der Waals surface area contributed by atoms with Crippen LogP contribution in [0.25, 0.3) is 0 Å². The molecule has 0 saturated heterocycles. The Kier molecular flexibility index (Phi) is 4.35. The van der Waals surface area contributed by atoms with Crippen LogP contribution in [0.1, 0.15) is 30.1 Å². The van der Waals surface area contributed by atoms with E-state index in [0.29, 0.717) is 10.6 Å². The van der Waals surface area contributed by atoms with Crippen LogP contribution in [0, 0.1) is 3.57 Å². The monoisotopic (exact) mass is 393 g/mol. The molecule has 0 heterocycles. The maximum Gasteiger partial charge on any atom is 0.326 e. The molecule has 4 nitrogen and oxygen atoms in total. The Hall–Kier alpha value is -0.820. The molecular formula is C13H13ClINO3. The van der Waals surface area contributed by atoms with Gasteiger partial charge >= 0.3 is 5.97 Å². The lowest BCUT2D eigenvalue weighted by Crippen LogP contribution is -2.44. The molecule has 6 heteroatoms. The van der Waals surface area contributed by atoms with E-state index in [9.17, 15) is 9.59 Å². The summed E-state index contributed by atoms with van der Waals surface area (Å²) in [6.07, 6.45) is 1.74. The van der Waals surface area contributed by atoms with Gasteiger partial charge in [0.25, 0.3) is 5.91 Å². The third kappa shape index (κ3) is 3.20. The SMILES string of the molecule is CC(C(=O)O)N(C(=O)c1ccc(Cl)c(I)c1)C1CC1. The Morgan fingerprint density at radius 3 is 2.58 bits per heavy atom. The molecule has 1 aliphatic rings. The number of carboxylic acids is 1. The third-order valence-electron chi connectivity index (χ3n) is 3.12. The second-order valence-electron chi connectivity index (χ2n) is 4.59. The van der Waals surface area contributed by atoms with Crippen LogP contribution in [-0.4, -0.2) is 34.0 Å². The summed E-state index contributed by atoms with van der Waals surface area (Å²) in [4.78, 5) is 25.0. The molecule has 1 N–H and O–H groups in total. The van der Waals surface area contributed by atoms with Gasteiger partial charge in [0.05, 0.1) is 5.02 Å². The topological polar surface area (TPSA) is 57.6 Å². The van der Waals surface area contributed by atoms with Crippen molar-refractivity contribution in [1.82, 2.24) is 4.90 Å². The maximum atomic E-state index is 12.5. The average molecular weight is 394 g/mol. The maximum absolute atomic E-state index is 12.5. The van der Waals surface area contributed by atoms with Crippen LogP contribution in [-0.2, 0) is 4.79 Å². The van der Waals surface area contributed by atoms with E-state index < -0.39 is 12.0 Å². The first-order valence-electron chi connectivity index (χ1n) is 5.92. The largest absolute Gasteiger partial charge is 0.480 e. The second-order valence-corrected chi connectivity index (χ2v) is 6.16. The number of amides is 1. The Balaban J connectivity index is 2.28. The quantitative estimate of drug-likeness (QED) is 0.800. The lowest BCUT2D eigenvalue weighted by molar-refractivity contribution is -0.141. The second kappa shape index (κ2) is 5.66. The summed E-state index contributed by atoms with van der Waals surface area (Å²) >= 11 is 7.98. The van der Waals surface area contributed by atoms with Crippen molar-refractivity contribution in [2.24, 2.45) is 0 Å². The van der Waals surface area contributed by atoms with Gasteiger partial charge in [0.1, 0.15) is 6.04 Å². The van der Waals surface area contributed by atoms with Crippen LogP contribution in [0.4, 0.5) is 0 Å². The Bertz CT molecular complexity index is 531. The molecule has 2 rings (SSSR count). The smallest absolute Gasteiger partial charge is 0.326 e. The molecule has 1 saturated carbocycles. The Morgan fingerprint density at radius 1 is 1.47 bits per heavy atom. The average Bonchev–Trinajstić information content (AvgIpc) is 3.17. The van der Waals surface area contributed by atoms with E-state index in [1.165, 1.54) is 4.90 Å². The van der Waals surface area contributed by atoms with Crippen molar-refractivity contribution < 1.29 is 14.7 Å². The fraction of sp³-hybridized carbons (Fsp3) is 0.385. The lowest BCUT2D eigenvalue weighted by Gasteiger charge is -2.26. The molecule has 102 valence electrons. The summed E-state index contributed by atoms with van der Waals surface area (Å²) in [6, 6.07) is 4.22. The zero-order valence-electron chi connectivity index (χ0n) is 10.3. The predicted molar refractivity (Wildman–Crippen MR) is 80.5 cm³/mol. The summed E-state index contributed by atoms with van der Waals surface area (Å²) in [5, 5.41) is 9.69. The Morgan fingerprint density at radius 2 is 2.11 bits per heavy atom. The highest BCUT2D eigenvalue weighted by atomic mass is 127. The highest BCUT2D eigenvalue weighted by Gasteiger charge is 2.38. The van der Waals surface area contributed by atoms with Gasteiger partial charge in [0.2, 0.25) is 0 Å². The van der Waals surface area contributed by atoms with E-state index in [1.54, 1.807) is 25.1 Å².